The molecule has 1 rings (SSSR count). The van der Waals surface area contributed by atoms with Crippen molar-refractivity contribution in [2.45, 2.75) is 30.7 Å². The maximum Gasteiger partial charge on any atom is 0.252 e. The molecule has 0 heterocycles. The van der Waals surface area contributed by atoms with Gasteiger partial charge in [-0.3, -0.25) is 4.79 Å². The highest BCUT2D eigenvalue weighted by molar-refractivity contribution is 7.98. The molecule has 94 valence electrons. The molecule has 0 unspecified atom stereocenters. The number of hydrogen-bond acceptors (Lipinski definition) is 2. The molecule has 2 nitrogen and oxygen atoms in total. The predicted molar refractivity (Wildman–Crippen MR) is 75.1 cm³/mol. The van der Waals surface area contributed by atoms with Gasteiger partial charge >= 0.3 is 0 Å². The molecule has 1 N–H and O–H groups in total. The first-order valence-corrected chi connectivity index (χ1v) is 7.27. The van der Waals surface area contributed by atoms with Crippen molar-refractivity contribution in [2.75, 3.05) is 12.1 Å². The molecule has 1 amide bonds. The van der Waals surface area contributed by atoms with Gasteiger partial charge in [0.1, 0.15) is 0 Å². The molecule has 0 atom stereocenters. The summed E-state index contributed by atoms with van der Waals surface area (Å²) >= 11 is 7.29. The van der Waals surface area contributed by atoms with E-state index in [4.69, 9.17) is 11.6 Å². The normalized spacial score (nSPS) is 11.3. The highest BCUT2D eigenvalue weighted by Gasteiger charge is 2.21. The molecule has 4 heteroatoms. The van der Waals surface area contributed by atoms with Crippen LogP contribution in [0.25, 0.3) is 0 Å². The second-order valence-corrected chi connectivity index (χ2v) is 5.70. The van der Waals surface area contributed by atoms with Crippen molar-refractivity contribution in [3.63, 3.8) is 0 Å². The van der Waals surface area contributed by atoms with Crippen molar-refractivity contribution >= 4 is 29.3 Å². The van der Waals surface area contributed by atoms with Gasteiger partial charge in [0.25, 0.3) is 5.91 Å². The zero-order valence-corrected chi connectivity index (χ0v) is 12.0. The number of rotatable bonds is 5. The van der Waals surface area contributed by atoms with Crippen LogP contribution in [0.1, 0.15) is 30.6 Å². The Morgan fingerprint density at radius 3 is 2.65 bits per heavy atom. The van der Waals surface area contributed by atoms with E-state index in [1.165, 1.54) is 0 Å². The first-order chi connectivity index (χ1) is 8.00. The molecule has 0 radical (unpaired) electrons. The zero-order chi connectivity index (χ0) is 12.9. The van der Waals surface area contributed by atoms with Gasteiger partial charge in [-0.15, -0.1) is 23.4 Å². The van der Waals surface area contributed by atoms with E-state index in [1.54, 1.807) is 11.8 Å². The molecule has 0 saturated carbocycles. The Labute approximate surface area is 112 Å². The van der Waals surface area contributed by atoms with E-state index in [9.17, 15) is 4.79 Å². The lowest BCUT2D eigenvalue weighted by atomic mass is 10.0. The van der Waals surface area contributed by atoms with Gasteiger partial charge < -0.3 is 5.32 Å². The standard InChI is InChI=1S/C13H18ClNOS/c1-13(2,8-9-14)15-12(16)10-6-4-5-7-11(10)17-3/h4-7H,8-9H2,1-3H3,(H,15,16). The molecule has 17 heavy (non-hydrogen) atoms. The topological polar surface area (TPSA) is 29.1 Å². The summed E-state index contributed by atoms with van der Waals surface area (Å²) in [6.45, 7) is 3.96. The van der Waals surface area contributed by atoms with Crippen LogP contribution in [-0.2, 0) is 0 Å². The Bertz CT molecular complexity index is 393. The molecule has 0 spiro atoms. The monoisotopic (exact) mass is 271 g/mol. The summed E-state index contributed by atoms with van der Waals surface area (Å²) < 4.78 is 0. The molecule has 0 aliphatic carbocycles. The quantitative estimate of drug-likeness (QED) is 0.656. The minimum absolute atomic E-state index is 0.0370. The average Bonchev–Trinajstić information content (AvgIpc) is 2.28. The van der Waals surface area contributed by atoms with Crippen LogP contribution in [0.2, 0.25) is 0 Å². The molecule has 1 aromatic rings. The summed E-state index contributed by atoms with van der Waals surface area (Å²) in [4.78, 5) is 13.1. The molecule has 0 aliphatic heterocycles. The SMILES string of the molecule is CSc1ccccc1C(=O)NC(C)(C)CCCl. The molecular formula is C13H18ClNOS. The average molecular weight is 272 g/mol. The van der Waals surface area contributed by atoms with Crippen LogP contribution in [-0.4, -0.2) is 23.6 Å². The van der Waals surface area contributed by atoms with Gasteiger partial charge in [-0.05, 0) is 38.7 Å². The number of halogens is 1. The molecule has 0 aromatic heterocycles. The Hall–Kier alpha value is -0.670. The van der Waals surface area contributed by atoms with Crippen LogP contribution in [0.4, 0.5) is 0 Å². The van der Waals surface area contributed by atoms with Crippen LogP contribution in [0.15, 0.2) is 29.2 Å². The number of nitrogens with one attached hydrogen (secondary N) is 1. The van der Waals surface area contributed by atoms with Crippen LogP contribution in [0, 0.1) is 0 Å². The van der Waals surface area contributed by atoms with E-state index >= 15 is 0 Å². The third-order valence-electron chi connectivity index (χ3n) is 2.52. The molecule has 0 fully saturated rings. The number of amides is 1. The minimum Gasteiger partial charge on any atom is -0.347 e. The van der Waals surface area contributed by atoms with Gasteiger partial charge in [-0.2, -0.15) is 0 Å². The fourth-order valence-corrected chi connectivity index (χ4v) is 2.57. The van der Waals surface area contributed by atoms with E-state index in [2.05, 4.69) is 5.32 Å². The number of benzene rings is 1. The lowest BCUT2D eigenvalue weighted by Crippen LogP contribution is -2.43. The highest BCUT2D eigenvalue weighted by atomic mass is 35.5. The predicted octanol–water partition coefficient (Wildman–Crippen LogP) is 3.55. The maximum absolute atomic E-state index is 12.1. The number of hydrogen-bond donors (Lipinski definition) is 1. The summed E-state index contributed by atoms with van der Waals surface area (Å²) in [5.74, 6) is 0.502. The van der Waals surface area contributed by atoms with Crippen molar-refractivity contribution in [1.82, 2.24) is 5.32 Å². The summed E-state index contributed by atoms with van der Waals surface area (Å²) in [7, 11) is 0. The van der Waals surface area contributed by atoms with Crippen molar-refractivity contribution in [2.24, 2.45) is 0 Å². The van der Waals surface area contributed by atoms with E-state index in [0.717, 1.165) is 16.9 Å². The van der Waals surface area contributed by atoms with Gasteiger partial charge in [0.15, 0.2) is 0 Å². The molecular weight excluding hydrogens is 254 g/mol. The lowest BCUT2D eigenvalue weighted by molar-refractivity contribution is 0.0908. The zero-order valence-electron chi connectivity index (χ0n) is 10.4. The lowest BCUT2D eigenvalue weighted by Gasteiger charge is -2.25. The summed E-state index contributed by atoms with van der Waals surface area (Å²) in [6, 6.07) is 7.61. The third-order valence-corrected chi connectivity index (χ3v) is 3.51. The van der Waals surface area contributed by atoms with Gasteiger partial charge in [-0.1, -0.05) is 12.1 Å². The van der Waals surface area contributed by atoms with Gasteiger partial charge in [0, 0.05) is 16.3 Å². The first kappa shape index (κ1) is 14.4. The van der Waals surface area contributed by atoms with E-state index in [-0.39, 0.29) is 11.4 Å². The van der Waals surface area contributed by atoms with Crippen molar-refractivity contribution in [3.8, 4) is 0 Å². The van der Waals surface area contributed by atoms with E-state index in [1.807, 2.05) is 44.4 Å². The highest BCUT2D eigenvalue weighted by Crippen LogP contribution is 2.21. The van der Waals surface area contributed by atoms with Crippen LogP contribution in [0.5, 0.6) is 0 Å². The Balaban J connectivity index is 2.83. The molecule has 0 bridgehead atoms. The third kappa shape index (κ3) is 4.25. The summed E-state index contributed by atoms with van der Waals surface area (Å²) in [5.41, 5.74) is 0.451. The van der Waals surface area contributed by atoms with E-state index < -0.39 is 0 Å². The Morgan fingerprint density at radius 2 is 2.06 bits per heavy atom. The molecule has 0 saturated heterocycles. The fraction of sp³-hybridized carbons (Fsp3) is 0.462. The van der Waals surface area contributed by atoms with Crippen molar-refractivity contribution in [3.05, 3.63) is 29.8 Å². The van der Waals surface area contributed by atoms with Crippen molar-refractivity contribution < 1.29 is 4.79 Å². The summed E-state index contributed by atoms with van der Waals surface area (Å²) in [6.07, 6.45) is 2.72. The maximum atomic E-state index is 12.1. The van der Waals surface area contributed by atoms with E-state index in [0.29, 0.717) is 5.88 Å². The van der Waals surface area contributed by atoms with Crippen LogP contribution >= 0.6 is 23.4 Å². The molecule has 1 aromatic carbocycles. The Kier molecular flexibility index (Phi) is 5.34. The number of carbonyl (C=O) groups is 1. The number of thioether (sulfide) groups is 1. The number of alkyl halides is 1. The van der Waals surface area contributed by atoms with Crippen molar-refractivity contribution in [1.29, 1.82) is 0 Å². The van der Waals surface area contributed by atoms with Gasteiger partial charge in [-0.25, -0.2) is 0 Å². The molecule has 0 aliphatic rings. The Morgan fingerprint density at radius 1 is 1.41 bits per heavy atom. The fourth-order valence-electron chi connectivity index (χ4n) is 1.51. The van der Waals surface area contributed by atoms with Crippen LogP contribution in [0.3, 0.4) is 0 Å². The van der Waals surface area contributed by atoms with Crippen LogP contribution < -0.4 is 5.32 Å². The second kappa shape index (κ2) is 6.31. The summed E-state index contributed by atoms with van der Waals surface area (Å²) in [5, 5.41) is 3.01. The van der Waals surface area contributed by atoms with Gasteiger partial charge in [0.2, 0.25) is 0 Å². The largest absolute Gasteiger partial charge is 0.347 e. The first-order valence-electron chi connectivity index (χ1n) is 5.51. The smallest absolute Gasteiger partial charge is 0.252 e. The minimum atomic E-state index is -0.273. The number of carbonyl (C=O) groups excluding carboxylic acids is 1. The van der Waals surface area contributed by atoms with Gasteiger partial charge in [0.05, 0.1) is 5.56 Å². The second-order valence-electron chi connectivity index (χ2n) is 4.48.